The van der Waals surface area contributed by atoms with Gasteiger partial charge in [-0.2, -0.15) is 0 Å². The molecule has 7 heteroatoms. The fraction of sp³-hybridized carbons (Fsp3) is 0.478. The molecule has 1 aromatic carbocycles. The third kappa shape index (κ3) is 6.43. The molecule has 2 aromatic rings. The number of ether oxygens (including phenoxy) is 1. The Labute approximate surface area is 178 Å². The maximum atomic E-state index is 12.4. The van der Waals surface area contributed by atoms with Gasteiger partial charge in [-0.1, -0.05) is 30.3 Å². The molecule has 3 rings (SSSR count). The number of nitrogens with one attached hydrogen (secondary N) is 1. The number of furan rings is 1. The number of carbonyl (C=O) groups excluding carboxylic acids is 2. The predicted molar refractivity (Wildman–Crippen MR) is 114 cm³/mol. The van der Waals surface area contributed by atoms with Gasteiger partial charge in [-0.15, -0.1) is 0 Å². The fourth-order valence-electron chi connectivity index (χ4n) is 3.45. The Morgan fingerprint density at radius 2 is 1.83 bits per heavy atom. The average molecular weight is 414 g/mol. The first kappa shape index (κ1) is 22.1. The molecule has 2 amide bonds. The first-order valence-corrected chi connectivity index (χ1v) is 10.5. The molecule has 1 N–H and O–H groups in total. The summed E-state index contributed by atoms with van der Waals surface area (Å²) in [6, 6.07) is 13.6. The van der Waals surface area contributed by atoms with Gasteiger partial charge in [0, 0.05) is 39.3 Å². The van der Waals surface area contributed by atoms with Crippen LogP contribution >= 0.6 is 0 Å². The quantitative estimate of drug-likeness (QED) is 0.640. The van der Waals surface area contributed by atoms with Crippen molar-refractivity contribution in [3.8, 4) is 0 Å². The van der Waals surface area contributed by atoms with Gasteiger partial charge in [0.1, 0.15) is 5.76 Å². The minimum atomic E-state index is -0.0862. The highest BCUT2D eigenvalue weighted by molar-refractivity contribution is 5.91. The number of hydrogen-bond acceptors (Lipinski definition) is 5. The number of hydrogen-bond donors (Lipinski definition) is 1. The molecule has 0 bridgehead atoms. The molecule has 1 aliphatic rings. The van der Waals surface area contributed by atoms with Crippen LogP contribution in [0.15, 0.2) is 46.9 Å². The number of benzene rings is 1. The summed E-state index contributed by atoms with van der Waals surface area (Å²) in [6.07, 6.45) is 0.819. The Morgan fingerprint density at radius 1 is 1.10 bits per heavy atom. The highest BCUT2D eigenvalue weighted by Gasteiger charge is 2.24. The number of amides is 2. The first-order chi connectivity index (χ1) is 14.5. The molecule has 7 nitrogen and oxygen atoms in total. The molecule has 0 radical (unpaired) electrons. The van der Waals surface area contributed by atoms with Gasteiger partial charge in [0.2, 0.25) is 5.91 Å². The molecule has 162 valence electrons. The molecule has 1 fully saturated rings. The van der Waals surface area contributed by atoms with Gasteiger partial charge in [-0.05, 0) is 38.0 Å². The van der Waals surface area contributed by atoms with Crippen molar-refractivity contribution in [3.63, 3.8) is 0 Å². The van der Waals surface area contributed by atoms with Crippen molar-refractivity contribution in [2.75, 3.05) is 45.9 Å². The first-order valence-electron chi connectivity index (χ1n) is 10.5. The van der Waals surface area contributed by atoms with E-state index in [1.54, 1.807) is 17.0 Å². The van der Waals surface area contributed by atoms with Crippen LogP contribution in [0.25, 0.3) is 0 Å². The smallest absolute Gasteiger partial charge is 0.289 e. The van der Waals surface area contributed by atoms with Crippen LogP contribution in [-0.4, -0.2) is 67.5 Å². The van der Waals surface area contributed by atoms with E-state index in [0.717, 1.165) is 17.7 Å². The Bertz CT molecular complexity index is 813. The normalized spacial score (nSPS) is 15.7. The van der Waals surface area contributed by atoms with E-state index in [9.17, 15) is 9.59 Å². The number of rotatable bonds is 9. The summed E-state index contributed by atoms with van der Waals surface area (Å²) < 4.78 is 11.2. The maximum Gasteiger partial charge on any atom is 0.289 e. The van der Waals surface area contributed by atoms with Gasteiger partial charge in [0.25, 0.3) is 5.91 Å². The summed E-state index contributed by atoms with van der Waals surface area (Å²) >= 11 is 0. The van der Waals surface area contributed by atoms with Crippen LogP contribution in [0.3, 0.4) is 0 Å². The van der Waals surface area contributed by atoms with Crippen LogP contribution in [0.1, 0.15) is 41.3 Å². The third-order valence-corrected chi connectivity index (χ3v) is 5.26. The van der Waals surface area contributed by atoms with E-state index < -0.39 is 0 Å². The monoisotopic (exact) mass is 413 g/mol. The molecule has 1 aromatic heterocycles. The van der Waals surface area contributed by atoms with Crippen molar-refractivity contribution >= 4 is 11.8 Å². The van der Waals surface area contributed by atoms with Gasteiger partial charge in [-0.25, -0.2) is 0 Å². The van der Waals surface area contributed by atoms with E-state index >= 15 is 0 Å². The average Bonchev–Trinajstić information content (AvgIpc) is 3.20. The Morgan fingerprint density at radius 3 is 2.50 bits per heavy atom. The summed E-state index contributed by atoms with van der Waals surface area (Å²) in [6.45, 7) is 7.94. The lowest BCUT2D eigenvalue weighted by atomic mass is 10.1. The van der Waals surface area contributed by atoms with Crippen molar-refractivity contribution in [2.45, 2.75) is 26.4 Å². The second kappa shape index (κ2) is 10.9. The van der Waals surface area contributed by atoms with E-state index in [0.29, 0.717) is 51.6 Å². The van der Waals surface area contributed by atoms with Gasteiger partial charge in [-0.3, -0.25) is 14.5 Å². The predicted octanol–water partition coefficient (Wildman–Crippen LogP) is 2.63. The zero-order valence-corrected chi connectivity index (χ0v) is 17.8. The molecule has 1 saturated heterocycles. The molecule has 1 atom stereocenters. The molecule has 1 unspecified atom stereocenters. The lowest BCUT2D eigenvalue weighted by Gasteiger charge is -2.33. The van der Waals surface area contributed by atoms with E-state index in [4.69, 9.17) is 9.15 Å². The molecule has 0 spiro atoms. The number of piperazine rings is 1. The van der Waals surface area contributed by atoms with Crippen molar-refractivity contribution in [1.29, 1.82) is 0 Å². The highest BCUT2D eigenvalue weighted by atomic mass is 16.5. The molecule has 1 aliphatic heterocycles. The van der Waals surface area contributed by atoms with Crippen LogP contribution < -0.4 is 5.32 Å². The third-order valence-electron chi connectivity index (χ3n) is 5.26. The Balaban J connectivity index is 1.27. The summed E-state index contributed by atoms with van der Waals surface area (Å²) in [4.78, 5) is 28.4. The van der Waals surface area contributed by atoms with E-state index in [1.807, 2.05) is 32.0 Å². The number of aryl methyl sites for hydroxylation is 1. The lowest BCUT2D eigenvalue weighted by molar-refractivity contribution is -0.122. The number of nitrogens with zero attached hydrogens (tertiary/aromatic N) is 2. The summed E-state index contributed by atoms with van der Waals surface area (Å²) in [7, 11) is 0. The molecule has 30 heavy (non-hydrogen) atoms. The molecule has 0 saturated carbocycles. The van der Waals surface area contributed by atoms with E-state index in [1.165, 1.54) is 0 Å². The van der Waals surface area contributed by atoms with Crippen molar-refractivity contribution in [3.05, 3.63) is 59.5 Å². The van der Waals surface area contributed by atoms with Gasteiger partial charge >= 0.3 is 0 Å². The molecule has 2 heterocycles. The summed E-state index contributed by atoms with van der Waals surface area (Å²) in [5.74, 6) is 1.03. The van der Waals surface area contributed by atoms with Crippen LogP contribution in [0.5, 0.6) is 0 Å². The maximum absolute atomic E-state index is 12.4. The second-order valence-electron chi connectivity index (χ2n) is 7.61. The minimum absolute atomic E-state index is 0.00698. The second-order valence-corrected chi connectivity index (χ2v) is 7.61. The van der Waals surface area contributed by atoms with Gasteiger partial charge in [0.05, 0.1) is 12.6 Å². The SMILES string of the molecule is Cc1ccc(C(=O)N2CCN(CC(=O)NCCCOC(C)c3ccccc3)CC2)o1. The van der Waals surface area contributed by atoms with Crippen molar-refractivity contribution in [1.82, 2.24) is 15.1 Å². The van der Waals surface area contributed by atoms with Crippen LogP contribution in [-0.2, 0) is 9.53 Å². The largest absolute Gasteiger partial charge is 0.456 e. The fourth-order valence-corrected chi connectivity index (χ4v) is 3.45. The summed E-state index contributed by atoms with van der Waals surface area (Å²) in [5.41, 5.74) is 1.15. The van der Waals surface area contributed by atoms with Gasteiger partial charge < -0.3 is 19.4 Å². The Kier molecular flexibility index (Phi) is 8.04. The number of carbonyl (C=O) groups is 2. The molecular formula is C23H31N3O4. The van der Waals surface area contributed by atoms with Crippen LogP contribution in [0.2, 0.25) is 0 Å². The zero-order chi connectivity index (χ0) is 21.3. The lowest BCUT2D eigenvalue weighted by Crippen LogP contribution is -2.51. The van der Waals surface area contributed by atoms with Crippen molar-refractivity contribution in [2.24, 2.45) is 0 Å². The molecular weight excluding hydrogens is 382 g/mol. The minimum Gasteiger partial charge on any atom is -0.456 e. The zero-order valence-electron chi connectivity index (χ0n) is 17.8. The summed E-state index contributed by atoms with van der Waals surface area (Å²) in [5, 5.41) is 2.95. The van der Waals surface area contributed by atoms with Gasteiger partial charge in [0.15, 0.2) is 5.76 Å². The molecule has 0 aliphatic carbocycles. The standard InChI is InChI=1S/C23H31N3O4/c1-18-9-10-21(30-18)23(28)26-14-12-25(13-15-26)17-22(27)24-11-6-16-29-19(2)20-7-4-3-5-8-20/h3-5,7-10,19H,6,11-17H2,1-2H3,(H,24,27). The van der Waals surface area contributed by atoms with Crippen LogP contribution in [0, 0.1) is 6.92 Å². The Hall–Kier alpha value is -2.64. The van der Waals surface area contributed by atoms with Crippen LogP contribution in [0.4, 0.5) is 0 Å². The highest BCUT2D eigenvalue weighted by Crippen LogP contribution is 2.15. The van der Waals surface area contributed by atoms with Crippen molar-refractivity contribution < 1.29 is 18.7 Å². The van der Waals surface area contributed by atoms with E-state index in [-0.39, 0.29) is 17.9 Å². The van der Waals surface area contributed by atoms with E-state index in [2.05, 4.69) is 22.3 Å². The topological polar surface area (TPSA) is 75.0 Å².